The number of methoxy groups -OCH3 is 1. The van der Waals surface area contributed by atoms with E-state index in [-0.39, 0.29) is 5.91 Å². The summed E-state index contributed by atoms with van der Waals surface area (Å²) >= 11 is 0. The summed E-state index contributed by atoms with van der Waals surface area (Å²) in [6.07, 6.45) is 1.48. The molecule has 3 rings (SSSR count). The van der Waals surface area contributed by atoms with Crippen LogP contribution >= 0.6 is 0 Å². The first-order chi connectivity index (χ1) is 13.4. The number of aryl methyl sites for hydroxylation is 2. The normalized spacial score (nSPS) is 11.7. The first-order valence-electron chi connectivity index (χ1n) is 8.87. The molecule has 0 aliphatic carbocycles. The Bertz CT molecular complexity index is 1060. The summed E-state index contributed by atoms with van der Waals surface area (Å²) in [5.74, 6) is 0.379. The van der Waals surface area contributed by atoms with Crippen LogP contribution in [0.5, 0.6) is 5.75 Å². The number of benzene rings is 2. The number of hydrogen-bond acceptors (Lipinski definition) is 5. The van der Waals surface area contributed by atoms with Crippen LogP contribution in [0.15, 0.2) is 53.5 Å². The Hall–Kier alpha value is -3.48. The SMILES string of the molecule is COc1ccc(-c2cnn(C(C)C(=O)Nc3cc(C)ccc3C)c(=O)n2)cc1. The molecule has 0 spiro atoms. The van der Waals surface area contributed by atoms with E-state index in [1.54, 1.807) is 38.3 Å². The molecule has 0 aliphatic heterocycles. The summed E-state index contributed by atoms with van der Waals surface area (Å²) in [5.41, 5.74) is 3.29. The van der Waals surface area contributed by atoms with Crippen molar-refractivity contribution < 1.29 is 9.53 Å². The van der Waals surface area contributed by atoms with E-state index >= 15 is 0 Å². The molecule has 1 aromatic heterocycles. The minimum absolute atomic E-state index is 0.331. The maximum Gasteiger partial charge on any atom is 0.365 e. The Morgan fingerprint density at radius 2 is 1.86 bits per heavy atom. The van der Waals surface area contributed by atoms with E-state index in [0.717, 1.165) is 21.4 Å². The van der Waals surface area contributed by atoms with Crippen LogP contribution in [0.4, 0.5) is 5.69 Å². The van der Waals surface area contributed by atoms with E-state index in [4.69, 9.17) is 4.74 Å². The summed E-state index contributed by atoms with van der Waals surface area (Å²) in [6, 6.07) is 12.2. The minimum Gasteiger partial charge on any atom is -0.497 e. The molecule has 0 aliphatic rings. The Morgan fingerprint density at radius 1 is 1.14 bits per heavy atom. The van der Waals surface area contributed by atoms with Gasteiger partial charge in [-0.05, 0) is 62.2 Å². The van der Waals surface area contributed by atoms with Gasteiger partial charge in [0.2, 0.25) is 5.91 Å². The third-order valence-corrected chi connectivity index (χ3v) is 4.50. The van der Waals surface area contributed by atoms with Crippen molar-refractivity contribution in [3.63, 3.8) is 0 Å². The Balaban J connectivity index is 1.81. The zero-order valence-electron chi connectivity index (χ0n) is 16.3. The molecule has 1 atom stereocenters. The van der Waals surface area contributed by atoms with Crippen molar-refractivity contribution in [1.29, 1.82) is 0 Å². The molecule has 1 heterocycles. The van der Waals surface area contributed by atoms with Crippen LogP contribution in [0.1, 0.15) is 24.1 Å². The number of ether oxygens (including phenoxy) is 1. The minimum atomic E-state index is -0.801. The maximum absolute atomic E-state index is 12.6. The van der Waals surface area contributed by atoms with Gasteiger partial charge < -0.3 is 10.1 Å². The van der Waals surface area contributed by atoms with Crippen LogP contribution in [-0.2, 0) is 4.79 Å². The van der Waals surface area contributed by atoms with E-state index in [1.807, 2.05) is 32.0 Å². The van der Waals surface area contributed by atoms with Crippen molar-refractivity contribution in [3.05, 3.63) is 70.3 Å². The largest absolute Gasteiger partial charge is 0.497 e. The molecule has 3 aromatic rings. The molecule has 144 valence electrons. The summed E-state index contributed by atoms with van der Waals surface area (Å²) in [6.45, 7) is 5.48. The number of hydrogen-bond donors (Lipinski definition) is 1. The van der Waals surface area contributed by atoms with Gasteiger partial charge in [0, 0.05) is 11.3 Å². The average Bonchev–Trinajstić information content (AvgIpc) is 2.70. The van der Waals surface area contributed by atoms with Gasteiger partial charge in [0.05, 0.1) is 19.0 Å². The van der Waals surface area contributed by atoms with Gasteiger partial charge in [-0.1, -0.05) is 12.1 Å². The van der Waals surface area contributed by atoms with Crippen LogP contribution in [-0.4, -0.2) is 27.8 Å². The Kier molecular flexibility index (Phi) is 5.54. The molecule has 28 heavy (non-hydrogen) atoms. The van der Waals surface area contributed by atoms with Gasteiger partial charge in [-0.2, -0.15) is 10.1 Å². The molecule has 1 N–H and O–H groups in total. The number of nitrogens with one attached hydrogen (secondary N) is 1. The molecule has 1 unspecified atom stereocenters. The van der Waals surface area contributed by atoms with E-state index in [9.17, 15) is 9.59 Å². The fraction of sp³-hybridized carbons (Fsp3) is 0.238. The fourth-order valence-corrected chi connectivity index (χ4v) is 2.73. The number of nitrogens with zero attached hydrogens (tertiary/aromatic N) is 3. The molecule has 2 aromatic carbocycles. The van der Waals surface area contributed by atoms with Gasteiger partial charge in [0.1, 0.15) is 11.8 Å². The third kappa shape index (κ3) is 4.09. The number of amides is 1. The first kappa shape index (κ1) is 19.3. The fourth-order valence-electron chi connectivity index (χ4n) is 2.73. The molecular formula is C21H22N4O3. The second-order valence-corrected chi connectivity index (χ2v) is 6.58. The zero-order valence-corrected chi connectivity index (χ0v) is 16.3. The Labute approximate surface area is 163 Å². The predicted molar refractivity (Wildman–Crippen MR) is 108 cm³/mol. The maximum atomic E-state index is 12.6. The second kappa shape index (κ2) is 8.04. The highest BCUT2D eigenvalue weighted by Gasteiger charge is 2.19. The molecule has 7 nitrogen and oxygen atoms in total. The quantitative estimate of drug-likeness (QED) is 0.737. The van der Waals surface area contributed by atoms with Gasteiger partial charge in [-0.3, -0.25) is 4.79 Å². The summed E-state index contributed by atoms with van der Waals surface area (Å²) in [7, 11) is 1.58. The Morgan fingerprint density at radius 3 is 2.50 bits per heavy atom. The monoisotopic (exact) mass is 378 g/mol. The third-order valence-electron chi connectivity index (χ3n) is 4.50. The van der Waals surface area contributed by atoms with Gasteiger partial charge in [0.25, 0.3) is 0 Å². The van der Waals surface area contributed by atoms with Crippen LogP contribution < -0.4 is 15.7 Å². The molecule has 0 saturated carbocycles. The second-order valence-electron chi connectivity index (χ2n) is 6.58. The number of carbonyl (C=O) groups excluding carboxylic acids is 1. The van der Waals surface area contributed by atoms with Crippen LogP contribution in [0.3, 0.4) is 0 Å². The predicted octanol–water partition coefficient (Wildman–Crippen LogP) is 3.13. The topological polar surface area (TPSA) is 86.1 Å². The summed E-state index contributed by atoms with van der Waals surface area (Å²) < 4.78 is 6.20. The summed E-state index contributed by atoms with van der Waals surface area (Å²) in [4.78, 5) is 29.1. The van der Waals surface area contributed by atoms with Crippen LogP contribution in [0.2, 0.25) is 0 Å². The van der Waals surface area contributed by atoms with Crippen molar-refractivity contribution in [2.24, 2.45) is 0 Å². The first-order valence-corrected chi connectivity index (χ1v) is 8.87. The highest BCUT2D eigenvalue weighted by Crippen LogP contribution is 2.20. The van der Waals surface area contributed by atoms with E-state index < -0.39 is 11.7 Å². The molecule has 7 heteroatoms. The van der Waals surface area contributed by atoms with E-state index in [1.165, 1.54) is 6.20 Å². The van der Waals surface area contributed by atoms with Crippen molar-refractivity contribution >= 4 is 11.6 Å². The molecule has 0 radical (unpaired) electrons. The van der Waals surface area contributed by atoms with Gasteiger partial charge >= 0.3 is 5.69 Å². The molecule has 0 bridgehead atoms. The molecule has 0 fully saturated rings. The average molecular weight is 378 g/mol. The van der Waals surface area contributed by atoms with Gasteiger partial charge in [-0.15, -0.1) is 0 Å². The molecule has 1 amide bonds. The number of rotatable bonds is 5. The highest BCUT2D eigenvalue weighted by atomic mass is 16.5. The van der Waals surface area contributed by atoms with E-state index in [0.29, 0.717) is 17.1 Å². The van der Waals surface area contributed by atoms with Crippen molar-refractivity contribution in [3.8, 4) is 17.0 Å². The lowest BCUT2D eigenvalue weighted by atomic mass is 10.1. The lowest BCUT2D eigenvalue weighted by Gasteiger charge is -2.15. The molecule has 0 saturated heterocycles. The smallest absolute Gasteiger partial charge is 0.365 e. The lowest BCUT2D eigenvalue weighted by Crippen LogP contribution is -2.35. The zero-order chi connectivity index (χ0) is 20.3. The van der Waals surface area contributed by atoms with Crippen molar-refractivity contribution in [2.45, 2.75) is 26.8 Å². The lowest BCUT2D eigenvalue weighted by molar-refractivity contribution is -0.119. The van der Waals surface area contributed by atoms with Crippen LogP contribution in [0.25, 0.3) is 11.3 Å². The highest BCUT2D eigenvalue weighted by molar-refractivity contribution is 5.94. The van der Waals surface area contributed by atoms with Crippen molar-refractivity contribution in [2.75, 3.05) is 12.4 Å². The molecular weight excluding hydrogens is 356 g/mol. The number of anilines is 1. The van der Waals surface area contributed by atoms with E-state index in [2.05, 4.69) is 15.4 Å². The van der Waals surface area contributed by atoms with Gasteiger partial charge in [0.15, 0.2) is 0 Å². The number of carbonyl (C=O) groups is 1. The van der Waals surface area contributed by atoms with Crippen LogP contribution in [0, 0.1) is 13.8 Å². The standard InChI is InChI=1S/C21H22N4O3/c1-13-5-6-14(2)18(11-13)23-20(26)15(3)25-21(27)24-19(12-22-25)16-7-9-17(28-4)10-8-16/h5-12,15H,1-4H3,(H,23,26). The summed E-state index contributed by atoms with van der Waals surface area (Å²) in [5, 5.41) is 7.00. The number of aromatic nitrogens is 3. The van der Waals surface area contributed by atoms with Gasteiger partial charge in [-0.25, -0.2) is 9.48 Å². The van der Waals surface area contributed by atoms with Crippen molar-refractivity contribution in [1.82, 2.24) is 14.8 Å².